The molecule has 1 aromatic rings. The van der Waals surface area contributed by atoms with E-state index in [4.69, 9.17) is 60.7 Å². The van der Waals surface area contributed by atoms with Crippen molar-refractivity contribution in [3.05, 3.63) is 29.8 Å². The number of esters is 3. The second-order valence-corrected chi connectivity index (χ2v) is 14.7. The van der Waals surface area contributed by atoms with Crippen molar-refractivity contribution in [3.63, 3.8) is 0 Å². The zero-order valence-corrected chi connectivity index (χ0v) is 31.3. The normalized spacial score (nSPS) is 10.6. The summed E-state index contributed by atoms with van der Waals surface area (Å²) in [6, 6.07) is 6.43. The lowest BCUT2D eigenvalue weighted by Gasteiger charge is -2.04. The number of carbonyl (C=O) groups excluding carboxylic acids is 5. The molecule has 0 amide bonds. The van der Waals surface area contributed by atoms with Crippen LogP contribution in [0.4, 0.5) is 0 Å². The molecule has 266 valence electrons. The number of aliphatic imine (C=N–C) groups is 1. The van der Waals surface area contributed by atoms with Crippen LogP contribution >= 0.6 is 67.8 Å². The fourth-order valence-electron chi connectivity index (χ4n) is 1.79. The van der Waals surface area contributed by atoms with Gasteiger partial charge in [0.15, 0.2) is 15.4 Å². The van der Waals surface area contributed by atoms with Crippen LogP contribution in [0.5, 0.6) is 0 Å². The quantitative estimate of drug-likeness (QED) is 0.0505. The van der Waals surface area contributed by atoms with Crippen LogP contribution in [0.15, 0.2) is 34.2 Å². The van der Waals surface area contributed by atoms with Crippen molar-refractivity contribution in [2.75, 3.05) is 26.9 Å². The molecule has 0 aliphatic rings. The van der Waals surface area contributed by atoms with Crippen LogP contribution in [-0.2, 0) is 56.5 Å². The highest BCUT2D eigenvalue weighted by Crippen LogP contribution is 2.08. The van der Waals surface area contributed by atoms with Gasteiger partial charge < -0.3 is 14.2 Å². The zero-order chi connectivity index (χ0) is 37.3. The van der Waals surface area contributed by atoms with Crippen LogP contribution in [-0.4, -0.2) is 88.6 Å². The topological polar surface area (TPSA) is 232 Å². The van der Waals surface area contributed by atoms with Crippen LogP contribution < -0.4 is 10.7 Å². The van der Waals surface area contributed by atoms with Crippen molar-refractivity contribution >= 4 is 121 Å². The fourth-order valence-corrected chi connectivity index (χ4v) is 2.97. The lowest BCUT2D eigenvalue weighted by Crippen LogP contribution is -2.30. The molecule has 0 atom stereocenters. The molecule has 0 radical (unpaired) electrons. The van der Waals surface area contributed by atoms with Gasteiger partial charge in [-0.1, -0.05) is 64.1 Å². The van der Waals surface area contributed by atoms with Crippen molar-refractivity contribution in [1.29, 1.82) is 0 Å². The third-order valence-electron chi connectivity index (χ3n) is 3.66. The van der Waals surface area contributed by atoms with E-state index in [0.29, 0.717) is 6.61 Å². The van der Waals surface area contributed by atoms with Gasteiger partial charge >= 0.3 is 26.2 Å². The van der Waals surface area contributed by atoms with Crippen molar-refractivity contribution < 1.29 is 55.0 Å². The van der Waals surface area contributed by atoms with Crippen LogP contribution in [0.2, 0.25) is 0 Å². The molecular formula is C23H33Cl6N3O12S2. The van der Waals surface area contributed by atoms with Gasteiger partial charge in [-0.05, 0) is 39.8 Å². The van der Waals surface area contributed by atoms with Crippen molar-refractivity contribution in [2.24, 2.45) is 10.8 Å². The summed E-state index contributed by atoms with van der Waals surface area (Å²) in [4.78, 5) is 55.3. The number of rotatable bonds is 10. The van der Waals surface area contributed by atoms with Gasteiger partial charge in [-0.3, -0.25) is 20.4 Å². The van der Waals surface area contributed by atoms with Gasteiger partial charge in [0.25, 0.3) is 15.8 Å². The Hall–Kier alpha value is -1.80. The SMILES string of the molecule is CCOC(=O)C(=NC)C(Cl)Cl.CCOC(=O)C(=O)C(Cl)Cl.CCOC(=O)C(C)=O.Cc1ccc(S(=O)(=O)NN)cc1.O=S(=O)(Cl)Cl. The number of Topliss-reactive ketones (excluding diaryl/α,β-unsaturated/α-hetero) is 2. The number of nitrogens with zero attached hydrogens (tertiary/aromatic N) is 1. The summed E-state index contributed by atoms with van der Waals surface area (Å²) in [6.45, 7) is 8.69. The highest BCUT2D eigenvalue weighted by atomic mass is 36.0. The Morgan fingerprint density at radius 1 is 0.783 bits per heavy atom. The average molecular weight is 820 g/mol. The Morgan fingerprint density at radius 2 is 1.15 bits per heavy atom. The zero-order valence-electron chi connectivity index (χ0n) is 25.1. The summed E-state index contributed by atoms with van der Waals surface area (Å²) in [5.74, 6) is 1.05. The molecule has 0 unspecified atom stereocenters. The molecule has 3 N–H and O–H groups in total. The van der Waals surface area contributed by atoms with Crippen molar-refractivity contribution in [2.45, 2.75) is 49.2 Å². The van der Waals surface area contributed by atoms with E-state index in [1.165, 1.54) is 26.1 Å². The molecule has 0 bridgehead atoms. The van der Waals surface area contributed by atoms with Gasteiger partial charge in [0, 0.05) is 35.3 Å². The van der Waals surface area contributed by atoms with E-state index in [9.17, 15) is 32.4 Å². The molecule has 0 saturated heterocycles. The number of aryl methyl sites for hydroxylation is 1. The summed E-state index contributed by atoms with van der Waals surface area (Å²) in [6.07, 6.45) is 0. The first kappa shape index (κ1) is 51.0. The lowest BCUT2D eigenvalue weighted by atomic mass is 10.2. The molecule has 0 fully saturated rings. The van der Waals surface area contributed by atoms with Crippen LogP contribution in [0, 0.1) is 6.92 Å². The molecule has 0 heterocycles. The number of benzene rings is 1. The summed E-state index contributed by atoms with van der Waals surface area (Å²) in [5.41, 5.74) is 1.04. The average Bonchev–Trinajstić information content (AvgIpc) is 2.93. The van der Waals surface area contributed by atoms with E-state index in [2.05, 4.69) is 40.6 Å². The minimum absolute atomic E-state index is 0.0372. The largest absolute Gasteiger partial charge is 0.461 e. The Morgan fingerprint density at radius 3 is 1.41 bits per heavy atom. The molecule has 15 nitrogen and oxygen atoms in total. The lowest BCUT2D eigenvalue weighted by molar-refractivity contribution is -0.152. The molecule has 0 spiro atoms. The molecule has 0 aliphatic carbocycles. The van der Waals surface area contributed by atoms with Gasteiger partial charge in [0.1, 0.15) is 0 Å². The number of carbonyl (C=O) groups is 5. The summed E-state index contributed by atoms with van der Waals surface area (Å²) in [5, 5.41) is 0. The Labute approximate surface area is 296 Å². The Kier molecular flexibility index (Phi) is 31.3. The van der Waals surface area contributed by atoms with Crippen LogP contribution in [0.1, 0.15) is 33.3 Å². The smallest absolute Gasteiger partial charge is 0.377 e. The van der Waals surface area contributed by atoms with E-state index < -0.39 is 57.4 Å². The summed E-state index contributed by atoms with van der Waals surface area (Å²) < 4.78 is 53.7. The first-order chi connectivity index (χ1) is 21.0. The molecule has 1 aromatic carbocycles. The highest BCUT2D eigenvalue weighted by Gasteiger charge is 2.21. The summed E-state index contributed by atoms with van der Waals surface area (Å²) in [7, 11) is 2.76. The number of halogens is 6. The van der Waals surface area contributed by atoms with Crippen LogP contribution in [0.3, 0.4) is 0 Å². The third-order valence-corrected chi connectivity index (χ3v) is 5.67. The maximum absolute atomic E-state index is 11.1. The first-order valence-corrected chi connectivity index (χ1v) is 18.3. The van der Waals surface area contributed by atoms with E-state index in [-0.39, 0.29) is 23.8 Å². The van der Waals surface area contributed by atoms with E-state index in [1.54, 1.807) is 37.7 Å². The number of nitrogens with one attached hydrogen (secondary N) is 1. The highest BCUT2D eigenvalue weighted by molar-refractivity contribution is 8.31. The van der Waals surface area contributed by atoms with Gasteiger partial charge in [0.2, 0.25) is 5.78 Å². The Bertz CT molecular complexity index is 1330. The van der Waals surface area contributed by atoms with E-state index in [0.717, 1.165) is 5.56 Å². The standard InChI is InChI=1S/C7H10N2O2S.C6H9Cl2NO2.C5H6Cl2O3.C5H8O3.Cl2O2S/c1-6-2-4-7(5-3-6)12(10,11)9-8;1-3-11-6(10)4(9-2)5(7)8;1-2-10-5(9)3(8)4(6)7;1-3-8-5(7)4(2)6;1-5(2,3)4/h2-5,9H,8H2,1H3;5H,3H2,1-2H3;4H,2H2,1H3;3H2,1-2H3;. The summed E-state index contributed by atoms with van der Waals surface area (Å²) >= 11 is 21.0. The van der Waals surface area contributed by atoms with Gasteiger partial charge in [-0.25, -0.2) is 22.8 Å². The van der Waals surface area contributed by atoms with Gasteiger partial charge in [0.05, 0.1) is 24.7 Å². The third kappa shape index (κ3) is 30.8. The maximum Gasteiger partial charge on any atom is 0.377 e. The van der Waals surface area contributed by atoms with E-state index >= 15 is 0 Å². The minimum Gasteiger partial charge on any atom is -0.461 e. The predicted molar refractivity (Wildman–Crippen MR) is 176 cm³/mol. The van der Waals surface area contributed by atoms with Crippen molar-refractivity contribution in [3.8, 4) is 0 Å². The first-order valence-electron chi connectivity index (χ1n) is 12.0. The number of sulfonamides is 1. The fraction of sp³-hybridized carbons (Fsp3) is 0.478. The second kappa shape index (κ2) is 28.2. The molecule has 23 heteroatoms. The van der Waals surface area contributed by atoms with Crippen LogP contribution in [0.25, 0.3) is 0 Å². The Balaban J connectivity index is -0.000000246. The molecule has 0 aromatic heterocycles. The predicted octanol–water partition coefficient (Wildman–Crippen LogP) is 3.34. The van der Waals surface area contributed by atoms with Gasteiger partial charge in [-0.2, -0.15) is 13.2 Å². The molecular weight excluding hydrogens is 787 g/mol. The maximum atomic E-state index is 11.1. The second-order valence-electron chi connectivity index (χ2n) is 7.10. The molecule has 1 rings (SSSR count). The van der Waals surface area contributed by atoms with Crippen molar-refractivity contribution in [1.82, 2.24) is 4.83 Å². The number of nitrogens with two attached hydrogens (primary N) is 1. The minimum atomic E-state index is -3.72. The number of hydrogen-bond donors (Lipinski definition) is 2. The monoisotopic (exact) mass is 817 g/mol. The number of ketones is 2. The molecule has 0 aliphatic heterocycles. The number of hydrazine groups is 1. The number of hydrogen-bond acceptors (Lipinski definition) is 14. The molecule has 0 saturated carbocycles. The number of ether oxygens (including phenoxy) is 3. The number of alkyl halides is 4. The molecule has 46 heavy (non-hydrogen) atoms. The van der Waals surface area contributed by atoms with Gasteiger partial charge in [-0.15, -0.1) is 0 Å². The van der Waals surface area contributed by atoms with E-state index in [1.807, 2.05) is 6.92 Å².